The van der Waals surface area contributed by atoms with Gasteiger partial charge in [-0.3, -0.25) is 9.36 Å². The van der Waals surface area contributed by atoms with Crippen LogP contribution in [0.5, 0.6) is 0 Å². The van der Waals surface area contributed by atoms with Gasteiger partial charge in [-0.15, -0.1) is 11.3 Å². The Bertz CT molecular complexity index is 759. The Morgan fingerprint density at radius 1 is 1.59 bits per heavy atom. The van der Waals surface area contributed by atoms with Gasteiger partial charge in [0.25, 0.3) is 5.56 Å². The molecule has 0 aliphatic carbocycles. The SMILES string of the molecule is CCOC(=O)c1sc2ncn(C[C@@H]3CCCO3)c(=O)c2c1C. The van der Waals surface area contributed by atoms with E-state index in [1.54, 1.807) is 18.4 Å². The van der Waals surface area contributed by atoms with Crippen molar-refractivity contribution >= 4 is 27.5 Å². The highest BCUT2D eigenvalue weighted by Crippen LogP contribution is 2.27. The summed E-state index contributed by atoms with van der Waals surface area (Å²) in [7, 11) is 0. The predicted octanol–water partition coefficient (Wildman–Crippen LogP) is 2.12. The van der Waals surface area contributed by atoms with E-state index in [0.717, 1.165) is 19.4 Å². The summed E-state index contributed by atoms with van der Waals surface area (Å²) in [6.07, 6.45) is 3.60. The van der Waals surface area contributed by atoms with E-state index in [4.69, 9.17) is 9.47 Å². The molecule has 2 aromatic heterocycles. The van der Waals surface area contributed by atoms with Gasteiger partial charge in [0, 0.05) is 6.61 Å². The van der Waals surface area contributed by atoms with E-state index < -0.39 is 5.97 Å². The van der Waals surface area contributed by atoms with Gasteiger partial charge in [-0.05, 0) is 32.3 Å². The van der Waals surface area contributed by atoms with E-state index in [1.165, 1.54) is 17.7 Å². The first kappa shape index (κ1) is 15.2. The van der Waals surface area contributed by atoms with Gasteiger partial charge in [0.1, 0.15) is 9.71 Å². The van der Waals surface area contributed by atoms with Crippen LogP contribution in [0.15, 0.2) is 11.1 Å². The van der Waals surface area contributed by atoms with Gasteiger partial charge < -0.3 is 9.47 Å². The molecule has 1 fully saturated rings. The number of aryl methyl sites for hydroxylation is 1. The van der Waals surface area contributed by atoms with E-state index in [0.29, 0.717) is 33.8 Å². The Hall–Kier alpha value is -1.73. The van der Waals surface area contributed by atoms with Crippen LogP contribution in [0, 0.1) is 6.92 Å². The molecule has 1 saturated heterocycles. The molecule has 0 saturated carbocycles. The fourth-order valence-corrected chi connectivity index (χ4v) is 3.72. The minimum atomic E-state index is -0.395. The molecule has 0 amide bonds. The lowest BCUT2D eigenvalue weighted by Crippen LogP contribution is -2.26. The first-order chi connectivity index (χ1) is 10.6. The van der Waals surface area contributed by atoms with Crippen LogP contribution in [0.4, 0.5) is 0 Å². The molecule has 2 aromatic rings. The van der Waals surface area contributed by atoms with Gasteiger partial charge in [0.2, 0.25) is 0 Å². The number of carbonyl (C=O) groups excluding carboxylic acids is 1. The maximum absolute atomic E-state index is 12.7. The van der Waals surface area contributed by atoms with Gasteiger partial charge in [-0.1, -0.05) is 0 Å². The zero-order valence-corrected chi connectivity index (χ0v) is 13.4. The van der Waals surface area contributed by atoms with Gasteiger partial charge in [0.15, 0.2) is 0 Å². The number of ether oxygens (including phenoxy) is 2. The first-order valence-electron chi connectivity index (χ1n) is 7.39. The quantitative estimate of drug-likeness (QED) is 0.806. The average molecular weight is 322 g/mol. The third-order valence-corrected chi connectivity index (χ3v) is 4.98. The number of nitrogens with zero attached hydrogens (tertiary/aromatic N) is 2. The van der Waals surface area contributed by atoms with Crippen LogP contribution >= 0.6 is 11.3 Å². The van der Waals surface area contributed by atoms with Gasteiger partial charge >= 0.3 is 5.97 Å². The van der Waals surface area contributed by atoms with Crippen molar-refractivity contribution in [1.82, 2.24) is 9.55 Å². The number of fused-ring (bicyclic) bond motifs is 1. The van der Waals surface area contributed by atoms with E-state index in [9.17, 15) is 9.59 Å². The zero-order valence-electron chi connectivity index (χ0n) is 12.6. The normalized spacial score (nSPS) is 18.0. The van der Waals surface area contributed by atoms with Crippen LogP contribution in [0.3, 0.4) is 0 Å². The van der Waals surface area contributed by atoms with E-state index in [2.05, 4.69) is 4.98 Å². The van der Waals surface area contributed by atoms with Gasteiger partial charge in [-0.2, -0.15) is 0 Å². The summed E-state index contributed by atoms with van der Waals surface area (Å²) in [6.45, 7) is 5.09. The van der Waals surface area contributed by atoms with Crippen LogP contribution in [-0.4, -0.2) is 34.8 Å². The summed E-state index contributed by atoms with van der Waals surface area (Å²) in [5, 5.41) is 0.508. The maximum atomic E-state index is 12.7. The highest BCUT2D eigenvalue weighted by atomic mass is 32.1. The lowest BCUT2D eigenvalue weighted by atomic mass is 10.2. The number of aromatic nitrogens is 2. The molecular weight excluding hydrogens is 304 g/mol. The fraction of sp³-hybridized carbons (Fsp3) is 0.533. The summed E-state index contributed by atoms with van der Waals surface area (Å²) in [5.74, 6) is -0.395. The molecule has 0 aromatic carbocycles. The molecule has 118 valence electrons. The predicted molar refractivity (Wildman–Crippen MR) is 83.5 cm³/mol. The summed E-state index contributed by atoms with van der Waals surface area (Å²) < 4.78 is 12.2. The Morgan fingerprint density at radius 2 is 2.41 bits per heavy atom. The Morgan fingerprint density at radius 3 is 3.09 bits per heavy atom. The van der Waals surface area contributed by atoms with Crippen LogP contribution in [0.1, 0.15) is 35.0 Å². The van der Waals surface area contributed by atoms with E-state index in [-0.39, 0.29) is 11.7 Å². The third-order valence-electron chi connectivity index (χ3n) is 3.80. The first-order valence-corrected chi connectivity index (χ1v) is 8.20. The Labute approximate surface area is 131 Å². The highest BCUT2D eigenvalue weighted by molar-refractivity contribution is 7.20. The average Bonchev–Trinajstić information content (AvgIpc) is 3.10. The second kappa shape index (κ2) is 6.18. The minimum Gasteiger partial charge on any atom is -0.462 e. The largest absolute Gasteiger partial charge is 0.462 e. The van der Waals surface area contributed by atoms with Crippen LogP contribution in [-0.2, 0) is 16.0 Å². The molecule has 1 aliphatic rings. The molecular formula is C15H18N2O4S. The molecule has 0 N–H and O–H groups in total. The number of hydrogen-bond acceptors (Lipinski definition) is 6. The molecule has 6 nitrogen and oxygen atoms in total. The number of carbonyl (C=O) groups is 1. The molecule has 3 heterocycles. The second-order valence-corrected chi connectivity index (χ2v) is 6.29. The monoisotopic (exact) mass is 322 g/mol. The molecule has 3 rings (SSSR count). The lowest BCUT2D eigenvalue weighted by Gasteiger charge is -2.11. The summed E-state index contributed by atoms with van der Waals surface area (Å²) in [6, 6.07) is 0. The van der Waals surface area contributed by atoms with E-state index >= 15 is 0 Å². The van der Waals surface area contributed by atoms with Crippen molar-refractivity contribution in [2.75, 3.05) is 13.2 Å². The van der Waals surface area contributed by atoms with Crippen molar-refractivity contribution in [3.8, 4) is 0 Å². The molecule has 1 aliphatic heterocycles. The Balaban J connectivity index is 2.01. The summed E-state index contributed by atoms with van der Waals surface area (Å²) in [4.78, 5) is 30.0. The molecule has 1 atom stereocenters. The standard InChI is InChI=1S/C15H18N2O4S/c1-3-20-15(19)12-9(2)11-13(22-12)16-8-17(14(11)18)7-10-5-4-6-21-10/h8,10H,3-7H2,1-2H3/t10-/m0/s1. The van der Waals surface area contributed by atoms with Crippen LogP contribution in [0.25, 0.3) is 10.2 Å². The molecule has 0 bridgehead atoms. The number of thiophene rings is 1. The fourth-order valence-electron chi connectivity index (χ4n) is 2.69. The van der Waals surface area contributed by atoms with Gasteiger partial charge in [0.05, 0.1) is 31.0 Å². The summed E-state index contributed by atoms with van der Waals surface area (Å²) >= 11 is 1.21. The molecule has 7 heteroatoms. The van der Waals surface area contributed by atoms with Crippen LogP contribution < -0.4 is 5.56 Å². The third kappa shape index (κ3) is 2.66. The topological polar surface area (TPSA) is 70.4 Å². The summed E-state index contributed by atoms with van der Waals surface area (Å²) in [5.41, 5.74) is 0.530. The van der Waals surface area contributed by atoms with Crippen molar-refractivity contribution in [3.05, 3.63) is 27.1 Å². The van der Waals surface area contributed by atoms with Crippen LogP contribution in [0.2, 0.25) is 0 Å². The molecule has 22 heavy (non-hydrogen) atoms. The maximum Gasteiger partial charge on any atom is 0.348 e. The van der Waals surface area contributed by atoms with E-state index in [1.807, 2.05) is 0 Å². The van der Waals surface area contributed by atoms with Crippen molar-refractivity contribution < 1.29 is 14.3 Å². The van der Waals surface area contributed by atoms with Crippen molar-refractivity contribution in [2.45, 2.75) is 39.3 Å². The second-order valence-electron chi connectivity index (χ2n) is 5.29. The van der Waals surface area contributed by atoms with Crippen molar-refractivity contribution in [3.63, 3.8) is 0 Å². The Kier molecular flexibility index (Phi) is 4.26. The van der Waals surface area contributed by atoms with Gasteiger partial charge in [-0.25, -0.2) is 9.78 Å². The highest BCUT2D eigenvalue weighted by Gasteiger charge is 2.22. The van der Waals surface area contributed by atoms with Crippen molar-refractivity contribution in [2.24, 2.45) is 0 Å². The molecule has 0 radical (unpaired) electrons. The number of rotatable bonds is 4. The minimum absolute atomic E-state index is 0.0698. The number of hydrogen-bond donors (Lipinski definition) is 0. The lowest BCUT2D eigenvalue weighted by molar-refractivity contribution is 0.0531. The van der Waals surface area contributed by atoms with Crippen molar-refractivity contribution in [1.29, 1.82) is 0 Å². The smallest absolute Gasteiger partial charge is 0.348 e. The molecule has 0 spiro atoms. The molecule has 0 unspecified atom stereocenters. The number of esters is 1. The zero-order chi connectivity index (χ0) is 15.7.